The third-order valence-electron chi connectivity index (χ3n) is 12.7. The van der Waals surface area contributed by atoms with Crippen molar-refractivity contribution in [2.75, 3.05) is 6.61 Å². The first-order valence-electron chi connectivity index (χ1n) is 24.2. The van der Waals surface area contributed by atoms with Crippen LogP contribution >= 0.6 is 0 Å². The minimum atomic E-state index is -1.73. The Kier molecular flexibility index (Phi) is 17.6. The van der Waals surface area contributed by atoms with Crippen molar-refractivity contribution >= 4 is 74.1 Å². The second-order valence-corrected chi connectivity index (χ2v) is 18.8. The summed E-state index contributed by atoms with van der Waals surface area (Å²) in [4.78, 5) is 113. The zero-order chi connectivity index (χ0) is 53.1. The molecule has 15 N–H and O–H groups in total. The molecule has 3 aromatic carbocycles. The Morgan fingerprint density at radius 2 is 0.959 bits per heavy atom. The van der Waals surface area contributed by atoms with Crippen molar-refractivity contribution in [3.8, 4) is 0 Å². The van der Waals surface area contributed by atoms with Gasteiger partial charge in [0.2, 0.25) is 35.4 Å². The highest BCUT2D eigenvalue weighted by atomic mass is 16.4. The monoisotopic (exact) mass is 1010 g/mol. The smallest absolute Gasteiger partial charge is 0.328 e. The Bertz CT molecular complexity index is 3090. The number of carbonyl (C=O) groups excluding carboxylic acids is 6. The summed E-state index contributed by atoms with van der Waals surface area (Å²) in [5.41, 5.74) is 11.3. The topological polar surface area (TPSA) is 354 Å². The second-order valence-electron chi connectivity index (χ2n) is 18.8. The van der Waals surface area contributed by atoms with E-state index >= 15 is 0 Å². The fourth-order valence-corrected chi connectivity index (χ4v) is 8.82. The van der Waals surface area contributed by atoms with Gasteiger partial charge in [0, 0.05) is 82.5 Å². The lowest BCUT2D eigenvalue weighted by Gasteiger charge is -2.29. The maximum atomic E-state index is 14.7. The normalized spacial score (nSPS) is 14.8. The van der Waals surface area contributed by atoms with Crippen LogP contribution in [0.5, 0.6) is 0 Å². The molecule has 0 bridgehead atoms. The summed E-state index contributed by atoms with van der Waals surface area (Å²) in [5, 5.41) is 48.3. The summed E-state index contributed by atoms with van der Waals surface area (Å²) < 4.78 is 0. The van der Waals surface area contributed by atoms with E-state index in [9.17, 15) is 48.9 Å². The Hall–Kier alpha value is -8.34. The predicted molar refractivity (Wildman–Crippen MR) is 274 cm³/mol. The number of carbonyl (C=O) groups is 7. The summed E-state index contributed by atoms with van der Waals surface area (Å²) in [6.45, 7) is 3.90. The SMILES string of the molecule is CC(C)C[C@H](NC(=O)[C@H](Cc1c[nH]c2ccccc12)NC(=O)[C@@H](NC(=O)[C@H](Cc1c[nH]c2ccccc12)NC(=O)[C@H](Cc1cnc[nH]1)NC(=O)[C@@H](N)Cc1c[nH]c2ccccc12)[C@@H](C)O)C(=O)N[C@@H](CO)C(=O)O. The zero-order valence-corrected chi connectivity index (χ0v) is 41.0. The lowest BCUT2D eigenvalue weighted by Crippen LogP contribution is -2.62. The van der Waals surface area contributed by atoms with Crippen molar-refractivity contribution in [3.05, 3.63) is 126 Å². The van der Waals surface area contributed by atoms with E-state index in [4.69, 9.17) is 5.73 Å². The average molecular weight is 1020 g/mol. The maximum Gasteiger partial charge on any atom is 0.328 e. The number of aromatic nitrogens is 5. The van der Waals surface area contributed by atoms with E-state index in [1.54, 1.807) is 50.6 Å². The highest BCUT2D eigenvalue weighted by Gasteiger charge is 2.36. The van der Waals surface area contributed by atoms with Crippen LogP contribution in [0.3, 0.4) is 0 Å². The number of carboxylic acids is 1. The molecule has 0 aliphatic heterocycles. The minimum Gasteiger partial charge on any atom is -0.480 e. The van der Waals surface area contributed by atoms with E-state index in [2.05, 4.69) is 56.8 Å². The number of aliphatic carboxylic acids is 1. The molecule has 0 fully saturated rings. The number of benzene rings is 3. The van der Waals surface area contributed by atoms with Gasteiger partial charge in [0.25, 0.3) is 0 Å². The Morgan fingerprint density at radius 3 is 1.42 bits per heavy atom. The van der Waals surface area contributed by atoms with E-state index in [0.29, 0.717) is 16.8 Å². The van der Waals surface area contributed by atoms with Gasteiger partial charge < -0.3 is 72.9 Å². The molecule has 0 saturated heterocycles. The molecule has 0 saturated carbocycles. The number of para-hydroxylation sites is 3. The maximum absolute atomic E-state index is 14.7. The molecule has 8 atom stereocenters. The molecule has 0 aliphatic rings. The summed E-state index contributed by atoms with van der Waals surface area (Å²) in [5.74, 6) is -6.76. The first-order chi connectivity index (χ1) is 35.5. The molecule has 7 aromatic rings. The fraction of sp³-hybridized carbons (Fsp3) is 0.346. The van der Waals surface area contributed by atoms with Crippen molar-refractivity contribution < 1.29 is 48.9 Å². The molecule has 0 unspecified atom stereocenters. The number of rotatable bonds is 25. The van der Waals surface area contributed by atoms with Gasteiger partial charge >= 0.3 is 5.97 Å². The number of aromatic amines is 4. The molecule has 4 aromatic heterocycles. The third kappa shape index (κ3) is 13.4. The largest absolute Gasteiger partial charge is 0.480 e. The molecule has 4 heterocycles. The number of aliphatic hydroxyl groups excluding tert-OH is 2. The van der Waals surface area contributed by atoms with E-state index in [-0.39, 0.29) is 38.0 Å². The van der Waals surface area contributed by atoms with Gasteiger partial charge in [-0.1, -0.05) is 68.4 Å². The molecule has 22 nitrogen and oxygen atoms in total. The predicted octanol–water partition coefficient (Wildman–Crippen LogP) is 0.864. The molecule has 7 rings (SSSR count). The standard InChI is InChI=1S/C52H62N12O10/c1-27(2)16-40(47(68)63-44(25-65)52(73)74)60-48(69)41(18-30-22-56-38-14-8-5-11-34(30)38)62-51(72)45(28(3)66)64-50(71)42(19-31-23-57-39-15-9-6-12-35(31)39)61-49(70)43(20-32-24-54-26-58-32)59-46(67)36(53)17-29-21-55-37-13-7-4-10-33(29)37/h4-15,21-24,26-28,36,40-45,55-57,65-66H,16-20,25,53H2,1-3H3,(H,54,58)(H,59,67)(H,60,69)(H,61,70)(H,62,72)(H,63,68)(H,64,71)(H,73,74)/t28-,36+,40+,41+,42+,43+,44+,45+/m1/s1. The summed E-state index contributed by atoms with van der Waals surface area (Å²) in [7, 11) is 0. The van der Waals surface area contributed by atoms with Gasteiger partial charge in [-0.15, -0.1) is 0 Å². The van der Waals surface area contributed by atoms with E-state index < -0.39 is 96.4 Å². The van der Waals surface area contributed by atoms with Crippen LogP contribution in [0.15, 0.2) is 104 Å². The first-order valence-corrected chi connectivity index (χ1v) is 24.2. The molecule has 22 heteroatoms. The van der Waals surface area contributed by atoms with Gasteiger partial charge in [0.05, 0.1) is 25.1 Å². The van der Waals surface area contributed by atoms with Crippen molar-refractivity contribution in [2.45, 2.75) is 101 Å². The summed E-state index contributed by atoms with van der Waals surface area (Å²) >= 11 is 0. The summed E-state index contributed by atoms with van der Waals surface area (Å²) in [6.07, 6.45) is 6.22. The molecular weight excluding hydrogens is 953 g/mol. The van der Waals surface area contributed by atoms with Crippen molar-refractivity contribution in [2.24, 2.45) is 11.7 Å². The van der Waals surface area contributed by atoms with Crippen LogP contribution in [0.1, 0.15) is 49.6 Å². The molecule has 6 amide bonds. The number of nitrogens with one attached hydrogen (secondary N) is 10. The van der Waals surface area contributed by atoms with Gasteiger partial charge in [0.1, 0.15) is 36.3 Å². The van der Waals surface area contributed by atoms with Crippen molar-refractivity contribution in [3.63, 3.8) is 0 Å². The van der Waals surface area contributed by atoms with Gasteiger partial charge in [0.15, 0.2) is 0 Å². The van der Waals surface area contributed by atoms with Crippen LogP contribution in [0.2, 0.25) is 0 Å². The molecule has 0 aliphatic carbocycles. The van der Waals surface area contributed by atoms with Gasteiger partial charge in [-0.25, -0.2) is 9.78 Å². The van der Waals surface area contributed by atoms with Gasteiger partial charge in [-0.2, -0.15) is 0 Å². The minimum absolute atomic E-state index is 0.0449. The Morgan fingerprint density at radius 1 is 0.541 bits per heavy atom. The number of nitrogens with two attached hydrogens (primary N) is 1. The Balaban J connectivity index is 1.14. The molecule has 74 heavy (non-hydrogen) atoms. The molecule has 390 valence electrons. The highest BCUT2D eigenvalue weighted by molar-refractivity contribution is 5.98. The number of hydrogen-bond donors (Lipinski definition) is 14. The van der Waals surface area contributed by atoms with E-state index in [1.165, 1.54) is 19.4 Å². The van der Waals surface area contributed by atoms with Crippen LogP contribution in [0.4, 0.5) is 0 Å². The second kappa shape index (κ2) is 24.4. The van der Waals surface area contributed by atoms with Crippen molar-refractivity contribution in [1.29, 1.82) is 0 Å². The molecule has 0 radical (unpaired) electrons. The number of imidazole rings is 1. The van der Waals surface area contributed by atoms with Gasteiger partial charge in [-0.3, -0.25) is 28.8 Å². The van der Waals surface area contributed by atoms with Crippen molar-refractivity contribution in [1.82, 2.24) is 56.8 Å². The first kappa shape index (κ1) is 53.5. The van der Waals surface area contributed by atoms with Crippen LogP contribution < -0.4 is 37.6 Å². The number of nitrogens with zero attached hydrogens (tertiary/aromatic N) is 1. The van der Waals surface area contributed by atoms with Crippen LogP contribution in [-0.4, -0.2) is 137 Å². The van der Waals surface area contributed by atoms with Crippen LogP contribution in [-0.2, 0) is 59.2 Å². The van der Waals surface area contributed by atoms with Crippen LogP contribution in [0, 0.1) is 5.92 Å². The molecular formula is C52H62N12O10. The highest BCUT2D eigenvalue weighted by Crippen LogP contribution is 2.22. The number of carboxylic acid groups (broad SMARTS) is 1. The number of H-pyrrole nitrogens is 4. The average Bonchev–Trinajstić information content (AvgIpc) is 4.21. The number of hydrogen-bond acceptors (Lipinski definition) is 11. The lowest BCUT2D eigenvalue weighted by atomic mass is 10.00. The van der Waals surface area contributed by atoms with E-state index in [0.717, 1.165) is 38.3 Å². The number of amides is 6. The fourth-order valence-electron chi connectivity index (χ4n) is 8.82. The molecule has 0 spiro atoms. The Labute approximate surface area is 424 Å². The van der Waals surface area contributed by atoms with Crippen LogP contribution in [0.25, 0.3) is 32.7 Å². The number of fused-ring (bicyclic) bond motifs is 3. The number of aliphatic hydroxyl groups is 2. The quantitative estimate of drug-likeness (QED) is 0.0379. The van der Waals surface area contributed by atoms with Gasteiger partial charge in [-0.05, 0) is 60.6 Å². The third-order valence-corrected chi connectivity index (χ3v) is 12.7. The summed E-state index contributed by atoms with van der Waals surface area (Å²) in [6, 6.07) is 12.1. The zero-order valence-electron chi connectivity index (χ0n) is 41.0. The lowest BCUT2D eigenvalue weighted by molar-refractivity contribution is -0.143. The van der Waals surface area contributed by atoms with E-state index in [1.807, 2.05) is 54.6 Å².